The predicted octanol–water partition coefficient (Wildman–Crippen LogP) is 4.18. The van der Waals surface area contributed by atoms with E-state index in [4.69, 9.17) is 12.2 Å². The van der Waals surface area contributed by atoms with Crippen LogP contribution in [0.3, 0.4) is 0 Å². The second-order valence-corrected chi connectivity index (χ2v) is 8.05. The molecule has 3 saturated heterocycles. The lowest BCUT2D eigenvalue weighted by molar-refractivity contribution is 0.111. The summed E-state index contributed by atoms with van der Waals surface area (Å²) in [6, 6.07) is 1.36. The Kier molecular flexibility index (Phi) is 3.70. The molecule has 3 heteroatoms. The van der Waals surface area contributed by atoms with Gasteiger partial charge >= 0.3 is 0 Å². The van der Waals surface area contributed by atoms with Crippen LogP contribution in [0.5, 0.6) is 0 Å². The topological polar surface area (TPSA) is 3.24 Å². The van der Waals surface area contributed by atoms with E-state index in [1.165, 1.54) is 57.2 Å². The molecule has 4 atom stereocenters. The monoisotopic (exact) mass is 277 g/mol. The first-order valence-corrected chi connectivity index (χ1v) is 8.78. The number of rotatable bonds is 2. The third kappa shape index (κ3) is 2.26. The molecule has 0 amide bonds. The van der Waals surface area contributed by atoms with Gasteiger partial charge in [-0.1, -0.05) is 56.0 Å². The summed E-state index contributed by atoms with van der Waals surface area (Å²) < 4.78 is 0. The van der Waals surface area contributed by atoms with Gasteiger partial charge in [0.15, 0.2) is 0 Å². The van der Waals surface area contributed by atoms with E-state index in [0.717, 1.165) is 23.1 Å². The van der Waals surface area contributed by atoms with Gasteiger partial charge in [-0.15, -0.1) is 0 Å². The molecule has 0 spiro atoms. The summed E-state index contributed by atoms with van der Waals surface area (Å²) in [5, 5.41) is 0.746. The first-order chi connectivity index (χ1) is 9.06. The van der Waals surface area contributed by atoms with Crippen molar-refractivity contribution in [3.8, 4) is 0 Å². The molecule has 0 aromatic heterocycles. The first kappa shape index (κ1) is 13.9. The molecule has 19 heavy (non-hydrogen) atoms. The maximum Gasteiger partial charge on any atom is 0.131 e. The molecule has 4 aliphatic rings. The van der Waals surface area contributed by atoms with Crippen molar-refractivity contribution in [3.63, 3.8) is 0 Å². The predicted molar refractivity (Wildman–Crippen MR) is 88.4 cm³/mol. The first-order valence-electron chi connectivity index (χ1n) is 8.37. The summed E-state index contributed by atoms with van der Waals surface area (Å²) in [5.74, 6) is 1.95. The molecule has 1 saturated carbocycles. The summed E-state index contributed by atoms with van der Waals surface area (Å²) in [5.41, 5.74) is 0. The van der Waals surface area contributed by atoms with Crippen LogP contribution in [-0.4, -0.2) is 29.3 Å². The average molecular weight is 277 g/mol. The number of hydrogen-bond acceptors (Lipinski definition) is 1. The fourth-order valence-corrected chi connectivity index (χ4v) is 5.75. The van der Waals surface area contributed by atoms with Crippen LogP contribution in [0.4, 0.5) is 0 Å². The Hall–Kier alpha value is -0.0451. The number of hydrogen-bond donors (Lipinski definition) is 0. The van der Waals surface area contributed by atoms with Gasteiger partial charge in [0.2, 0.25) is 0 Å². The van der Waals surface area contributed by atoms with Gasteiger partial charge in [-0.2, -0.15) is 0 Å². The highest BCUT2D eigenvalue weighted by atomic mass is 32.1. The molecule has 3 aliphatic heterocycles. The lowest BCUT2D eigenvalue weighted by Gasteiger charge is -2.58. The summed E-state index contributed by atoms with van der Waals surface area (Å²) in [4.78, 5) is 3.86. The molecule has 1 aliphatic carbocycles. The van der Waals surface area contributed by atoms with Crippen LogP contribution in [0.1, 0.15) is 65.7 Å². The molecule has 2 bridgehead atoms. The third-order valence-corrected chi connectivity index (χ3v) is 6.76. The standard InChI is InChI=1S/C16H28BNS/c1-4-16-9-5-6-14-12(13(10-16)17-16)7-8-15(19)18(14)11(2)3/h11-14,17H,4-10H2,1-3H3. The van der Waals surface area contributed by atoms with Gasteiger partial charge in [-0.05, 0) is 39.0 Å². The highest BCUT2D eigenvalue weighted by molar-refractivity contribution is 7.80. The van der Waals surface area contributed by atoms with E-state index >= 15 is 0 Å². The van der Waals surface area contributed by atoms with E-state index < -0.39 is 0 Å². The van der Waals surface area contributed by atoms with E-state index in [0.29, 0.717) is 6.04 Å². The van der Waals surface area contributed by atoms with Gasteiger partial charge in [0, 0.05) is 12.1 Å². The minimum Gasteiger partial charge on any atom is -0.360 e. The highest BCUT2D eigenvalue weighted by Gasteiger charge is 2.51. The molecule has 4 fully saturated rings. The summed E-state index contributed by atoms with van der Waals surface area (Å²) in [6.07, 6.45) is 9.76. The van der Waals surface area contributed by atoms with Crippen molar-refractivity contribution in [2.24, 2.45) is 5.92 Å². The van der Waals surface area contributed by atoms with E-state index in [2.05, 4.69) is 25.7 Å². The largest absolute Gasteiger partial charge is 0.360 e. The third-order valence-electron chi connectivity index (χ3n) is 6.34. The van der Waals surface area contributed by atoms with Gasteiger partial charge in [0.05, 0.1) is 4.99 Å². The van der Waals surface area contributed by atoms with Crippen molar-refractivity contribution in [2.45, 2.75) is 88.9 Å². The van der Waals surface area contributed by atoms with Crippen molar-refractivity contribution in [1.29, 1.82) is 0 Å². The zero-order valence-corrected chi connectivity index (χ0v) is 13.6. The number of fused-ring (bicyclic) bond motifs is 2. The zero-order chi connectivity index (χ0) is 13.6. The van der Waals surface area contributed by atoms with Crippen LogP contribution in [0.15, 0.2) is 0 Å². The second kappa shape index (κ2) is 5.05. The smallest absolute Gasteiger partial charge is 0.131 e. The molecule has 0 radical (unpaired) electrons. The quantitative estimate of drug-likeness (QED) is 0.550. The van der Waals surface area contributed by atoms with Crippen LogP contribution >= 0.6 is 12.2 Å². The van der Waals surface area contributed by atoms with E-state index in [1.807, 2.05) is 0 Å². The van der Waals surface area contributed by atoms with Crippen LogP contribution in [0, 0.1) is 5.92 Å². The SMILES string of the molecule is CCC12BC(C1)C1CCC(=S)N(C(C)C)C1CCC2. The normalized spacial score (nSPS) is 42.0. The molecule has 1 nitrogen and oxygen atoms in total. The van der Waals surface area contributed by atoms with Crippen LogP contribution < -0.4 is 0 Å². The Labute approximate surface area is 124 Å². The fraction of sp³-hybridized carbons (Fsp3) is 0.938. The molecule has 106 valence electrons. The van der Waals surface area contributed by atoms with E-state index in [-0.39, 0.29) is 0 Å². The zero-order valence-electron chi connectivity index (χ0n) is 12.8. The molecule has 3 heterocycles. The molecular formula is C16H28BNS. The Morgan fingerprint density at radius 1 is 1.42 bits per heavy atom. The molecule has 0 aromatic carbocycles. The summed E-state index contributed by atoms with van der Waals surface area (Å²) in [6.45, 7) is 7.06. The maximum atomic E-state index is 5.67. The summed E-state index contributed by atoms with van der Waals surface area (Å²) >= 11 is 5.67. The Morgan fingerprint density at radius 2 is 2.16 bits per heavy atom. The number of thiocarbonyl (C=S) groups is 1. The molecule has 0 N–H and O–H groups in total. The highest BCUT2D eigenvalue weighted by Crippen LogP contribution is 2.61. The molecule has 4 rings (SSSR count). The lowest BCUT2D eigenvalue weighted by Crippen LogP contribution is -2.56. The number of nitrogens with zero attached hydrogens (tertiary/aromatic N) is 1. The van der Waals surface area contributed by atoms with Gasteiger partial charge in [0.1, 0.15) is 7.28 Å². The Balaban J connectivity index is 1.80. The van der Waals surface area contributed by atoms with Gasteiger partial charge < -0.3 is 4.90 Å². The van der Waals surface area contributed by atoms with Crippen LogP contribution in [0.25, 0.3) is 0 Å². The van der Waals surface area contributed by atoms with Crippen molar-refractivity contribution in [1.82, 2.24) is 4.90 Å². The molecule has 0 aromatic rings. The lowest BCUT2D eigenvalue weighted by atomic mass is 9.26. The number of likely N-dealkylation sites (tertiary alicyclic amines) is 1. The fourth-order valence-electron chi connectivity index (χ4n) is 5.29. The number of piperidine rings is 1. The van der Waals surface area contributed by atoms with Crippen molar-refractivity contribution >= 4 is 24.5 Å². The van der Waals surface area contributed by atoms with Crippen molar-refractivity contribution in [3.05, 3.63) is 0 Å². The average Bonchev–Trinajstić information content (AvgIpc) is 2.29. The minimum atomic E-state index is 0.593. The minimum absolute atomic E-state index is 0.593. The van der Waals surface area contributed by atoms with E-state index in [9.17, 15) is 0 Å². The van der Waals surface area contributed by atoms with Gasteiger partial charge in [-0.3, -0.25) is 0 Å². The molecular weight excluding hydrogens is 249 g/mol. The van der Waals surface area contributed by atoms with Gasteiger partial charge in [-0.25, -0.2) is 0 Å². The van der Waals surface area contributed by atoms with Gasteiger partial charge in [0.25, 0.3) is 0 Å². The maximum absolute atomic E-state index is 5.67. The van der Waals surface area contributed by atoms with Crippen LogP contribution in [0.2, 0.25) is 11.1 Å². The van der Waals surface area contributed by atoms with E-state index in [1.54, 1.807) is 0 Å². The second-order valence-electron chi connectivity index (χ2n) is 7.58. The van der Waals surface area contributed by atoms with Crippen molar-refractivity contribution < 1.29 is 0 Å². The van der Waals surface area contributed by atoms with Crippen LogP contribution in [-0.2, 0) is 0 Å². The van der Waals surface area contributed by atoms with Crippen molar-refractivity contribution in [2.75, 3.05) is 0 Å². The Morgan fingerprint density at radius 3 is 2.79 bits per heavy atom. The molecule has 4 unspecified atom stereocenters. The summed E-state index contributed by atoms with van der Waals surface area (Å²) in [7, 11) is 1.52. The Bertz CT molecular complexity index is 362.